The molecule has 0 aromatic rings. The summed E-state index contributed by atoms with van der Waals surface area (Å²) in [4.78, 5) is 11.3. The third-order valence-corrected chi connectivity index (χ3v) is 2.09. The van der Waals surface area contributed by atoms with E-state index in [0.29, 0.717) is 0 Å². The van der Waals surface area contributed by atoms with Crippen LogP contribution in [0.3, 0.4) is 0 Å². The quantitative estimate of drug-likeness (QED) is 0.563. The van der Waals surface area contributed by atoms with Crippen molar-refractivity contribution in [1.29, 1.82) is 0 Å². The summed E-state index contributed by atoms with van der Waals surface area (Å²) in [5.41, 5.74) is 0. The number of methoxy groups -OCH3 is 3. The summed E-state index contributed by atoms with van der Waals surface area (Å²) in [5, 5.41) is 19.7. The Hall–Kier alpha value is -0.530. The molecule has 0 aromatic carbocycles. The Bertz CT molecular complexity index is 255. The predicted octanol–water partition coefficient (Wildman–Crippen LogP) is -1.03. The molecule has 96 valence electrons. The topological polar surface area (TPSA) is 85.2 Å². The molecule has 0 saturated carbocycles. The highest BCUT2D eigenvalue weighted by Crippen LogP contribution is 2.12. The zero-order valence-electron chi connectivity index (χ0n) is 12.2. The van der Waals surface area contributed by atoms with E-state index in [4.69, 9.17) is 13.6 Å². The molecule has 0 spiro atoms. The van der Waals surface area contributed by atoms with E-state index in [-0.39, 0.29) is 13.7 Å². The van der Waals surface area contributed by atoms with Gasteiger partial charge in [0, 0.05) is 21.3 Å². The lowest BCUT2D eigenvalue weighted by Gasteiger charge is -2.29. The fourth-order valence-electron chi connectivity index (χ4n) is 1.28. The smallest absolute Gasteiger partial charge is 0.161 e. The van der Waals surface area contributed by atoms with E-state index < -0.39 is 44.4 Å². The summed E-state index contributed by atoms with van der Waals surface area (Å²) in [6.45, 7) is 0.894. The summed E-state index contributed by atoms with van der Waals surface area (Å²) in [5.74, 6) is -0.521. The highest BCUT2D eigenvalue weighted by molar-refractivity contribution is 5.81. The van der Waals surface area contributed by atoms with Gasteiger partial charge in [-0.05, 0) is 6.92 Å². The van der Waals surface area contributed by atoms with Crippen LogP contribution in [0.4, 0.5) is 0 Å². The Morgan fingerprint density at radius 3 is 2.50 bits per heavy atom. The van der Waals surface area contributed by atoms with Gasteiger partial charge in [-0.3, -0.25) is 4.79 Å². The maximum Gasteiger partial charge on any atom is 0.161 e. The second kappa shape index (κ2) is 7.70. The van der Waals surface area contributed by atoms with Crippen molar-refractivity contribution in [2.24, 2.45) is 0 Å². The van der Waals surface area contributed by atoms with E-state index in [1.165, 1.54) is 6.92 Å². The number of Topliss-reactive ketones (excluding diaryl/α,β-unsaturated/α-hetero) is 1. The number of ketones is 1. The molecule has 0 aliphatic carbocycles. The monoisotopic (exact) mass is 239 g/mol. The first-order valence-corrected chi connectivity index (χ1v) is 4.54. The molecule has 0 heterocycles. The molecule has 4 atom stereocenters. The van der Waals surface area contributed by atoms with E-state index in [0.717, 1.165) is 0 Å². The minimum absolute atomic E-state index is 0.281. The third-order valence-electron chi connectivity index (χ3n) is 2.09. The molecule has 0 aliphatic heterocycles. The van der Waals surface area contributed by atoms with Crippen LogP contribution in [0.25, 0.3) is 0 Å². The predicted molar refractivity (Wildman–Crippen MR) is 56.2 cm³/mol. The van der Waals surface area contributed by atoms with Crippen LogP contribution in [0, 0.1) is 0 Å². The van der Waals surface area contributed by atoms with E-state index in [9.17, 15) is 15.0 Å². The van der Waals surface area contributed by atoms with Crippen LogP contribution in [-0.2, 0) is 19.0 Å². The highest BCUT2D eigenvalue weighted by Gasteiger charge is 2.35. The molecule has 0 rings (SSSR count). The van der Waals surface area contributed by atoms with Gasteiger partial charge in [0.05, 0.1) is 10.7 Å². The number of aliphatic hydroxyl groups is 2. The number of carbonyl (C=O) groups excluding carboxylic acids is 1. The van der Waals surface area contributed by atoms with Crippen LogP contribution in [0.15, 0.2) is 0 Å². The fraction of sp³-hybridized carbons (Fsp3) is 0.900. The SMILES string of the molecule is [2H]COC[C@@H](O)[C@@H](OC[2H])[C@H](O)[C@@H](OC[2H])C(C)=O. The van der Waals surface area contributed by atoms with Crippen molar-refractivity contribution in [3.8, 4) is 0 Å². The maximum atomic E-state index is 11.3. The summed E-state index contributed by atoms with van der Waals surface area (Å²) in [6.07, 6.45) is -5.44. The third kappa shape index (κ3) is 4.15. The van der Waals surface area contributed by atoms with Gasteiger partial charge >= 0.3 is 0 Å². The van der Waals surface area contributed by atoms with Crippen LogP contribution >= 0.6 is 0 Å². The molecule has 0 aliphatic rings. The molecule has 0 aromatic heterocycles. The lowest BCUT2D eigenvalue weighted by Crippen LogP contribution is -2.50. The molecule has 0 saturated heterocycles. The van der Waals surface area contributed by atoms with Crippen LogP contribution in [0.1, 0.15) is 11.0 Å². The van der Waals surface area contributed by atoms with Gasteiger partial charge in [0.25, 0.3) is 0 Å². The average molecular weight is 239 g/mol. The molecule has 0 radical (unpaired) electrons. The first-order chi connectivity index (χ1) is 8.99. The Morgan fingerprint density at radius 2 is 2.00 bits per heavy atom. The van der Waals surface area contributed by atoms with Crippen molar-refractivity contribution in [3.63, 3.8) is 0 Å². The molecule has 6 heteroatoms. The van der Waals surface area contributed by atoms with E-state index >= 15 is 0 Å². The average Bonchev–Trinajstić information content (AvgIpc) is 2.38. The number of ether oxygens (including phenoxy) is 3. The van der Waals surface area contributed by atoms with Crippen molar-refractivity contribution in [2.75, 3.05) is 27.9 Å². The van der Waals surface area contributed by atoms with Crippen molar-refractivity contribution >= 4 is 5.78 Å². The molecular formula is C10H20O6. The molecule has 2 N–H and O–H groups in total. The van der Waals surface area contributed by atoms with Crippen LogP contribution < -0.4 is 0 Å². The van der Waals surface area contributed by atoms with Gasteiger partial charge in [-0.15, -0.1) is 0 Å². The number of aliphatic hydroxyl groups excluding tert-OH is 2. The first-order valence-electron chi connectivity index (χ1n) is 6.66. The lowest BCUT2D eigenvalue weighted by atomic mass is 10.0. The molecule has 0 amide bonds. The number of hydrogen-bond donors (Lipinski definition) is 2. The van der Waals surface area contributed by atoms with Crippen molar-refractivity contribution in [1.82, 2.24) is 0 Å². The van der Waals surface area contributed by atoms with Gasteiger partial charge < -0.3 is 24.4 Å². The van der Waals surface area contributed by atoms with Gasteiger partial charge in [0.1, 0.15) is 24.4 Å². The molecule has 16 heavy (non-hydrogen) atoms. The molecule has 6 nitrogen and oxygen atoms in total. The number of hydrogen-bond acceptors (Lipinski definition) is 6. The van der Waals surface area contributed by atoms with Crippen LogP contribution in [-0.4, -0.2) is 68.3 Å². The first kappa shape index (κ1) is 10.6. The molecular weight excluding hydrogens is 216 g/mol. The number of carbonyl (C=O) groups is 1. The Balaban J connectivity index is 4.76. The van der Waals surface area contributed by atoms with Crippen LogP contribution in [0.5, 0.6) is 0 Å². The maximum absolute atomic E-state index is 11.3. The Morgan fingerprint density at radius 1 is 1.31 bits per heavy atom. The lowest BCUT2D eigenvalue weighted by molar-refractivity contribution is -0.155. The van der Waals surface area contributed by atoms with Gasteiger partial charge in [-0.25, -0.2) is 0 Å². The van der Waals surface area contributed by atoms with E-state index in [1.54, 1.807) is 0 Å². The van der Waals surface area contributed by atoms with Crippen molar-refractivity contribution in [3.05, 3.63) is 0 Å². The zero-order chi connectivity index (χ0) is 14.8. The normalized spacial score (nSPS) is 21.3. The summed E-state index contributed by atoms with van der Waals surface area (Å²) in [6, 6.07) is 0. The van der Waals surface area contributed by atoms with Gasteiger partial charge in [-0.1, -0.05) is 0 Å². The van der Waals surface area contributed by atoms with E-state index in [1.807, 2.05) is 0 Å². The van der Waals surface area contributed by atoms with Gasteiger partial charge in [0.2, 0.25) is 0 Å². The Labute approximate surface area is 99.3 Å². The van der Waals surface area contributed by atoms with Crippen molar-refractivity contribution < 1.29 is 33.3 Å². The second-order valence-corrected chi connectivity index (χ2v) is 3.26. The molecule has 0 fully saturated rings. The number of rotatable bonds is 8. The van der Waals surface area contributed by atoms with Crippen LogP contribution in [0.2, 0.25) is 0 Å². The Kier molecular flexibility index (Phi) is 5.10. The molecule has 0 bridgehead atoms. The second-order valence-electron chi connectivity index (χ2n) is 3.26. The van der Waals surface area contributed by atoms with Gasteiger partial charge in [-0.2, -0.15) is 0 Å². The van der Waals surface area contributed by atoms with Crippen molar-refractivity contribution in [2.45, 2.75) is 31.3 Å². The minimum Gasteiger partial charge on any atom is -0.388 e. The highest BCUT2D eigenvalue weighted by atomic mass is 16.5. The summed E-state index contributed by atoms with van der Waals surface area (Å²) >= 11 is 0. The largest absolute Gasteiger partial charge is 0.388 e. The summed E-state index contributed by atoms with van der Waals surface area (Å²) < 4.78 is 35.0. The summed E-state index contributed by atoms with van der Waals surface area (Å²) in [7, 11) is -1.44. The minimum atomic E-state index is -1.53. The standard InChI is InChI=1S/C10H20O6/c1-6(11)9(15-3)8(13)10(16-4)7(12)5-14-2/h7-10,12-13H,5H2,1-4H3/t7-,8-,9+,10-/m1/s1/i2D,3D,4D. The fourth-order valence-corrected chi connectivity index (χ4v) is 1.28. The van der Waals surface area contributed by atoms with Gasteiger partial charge in [0.15, 0.2) is 5.78 Å². The molecule has 0 unspecified atom stereocenters. The van der Waals surface area contributed by atoms with E-state index in [2.05, 4.69) is 4.74 Å². The zero-order valence-corrected chi connectivity index (χ0v) is 9.17.